The topological polar surface area (TPSA) is 23.9 Å². The summed E-state index contributed by atoms with van der Waals surface area (Å²) in [6.45, 7) is 5.61. The molecule has 0 fully saturated rings. The van der Waals surface area contributed by atoms with Crippen LogP contribution < -0.4 is 0 Å². The van der Waals surface area contributed by atoms with E-state index in [0.717, 1.165) is 11.1 Å². The molecule has 0 amide bonds. The highest BCUT2D eigenvalue weighted by molar-refractivity contribution is 6.12. The van der Waals surface area contributed by atoms with E-state index in [-0.39, 0.29) is 0 Å². The van der Waals surface area contributed by atoms with Gasteiger partial charge >= 0.3 is 0 Å². The molecule has 1 heteroatoms. The largest absolute Gasteiger partial charge is 0.300 e. The number of allylic oxidation sites excluding steroid dienone is 5. The fourth-order valence-corrected chi connectivity index (χ4v) is 0.729. The van der Waals surface area contributed by atoms with Gasteiger partial charge < -0.3 is 5.41 Å². The molecule has 0 aromatic heterocycles. The van der Waals surface area contributed by atoms with Crippen molar-refractivity contribution in [2.75, 3.05) is 0 Å². The molecule has 46 valence electrons. The Bertz CT molecular complexity index is 219. The van der Waals surface area contributed by atoms with Crippen LogP contribution in [-0.2, 0) is 0 Å². The lowest BCUT2D eigenvalue weighted by atomic mass is 10.0. The summed E-state index contributed by atoms with van der Waals surface area (Å²) in [4.78, 5) is 0. The highest BCUT2D eigenvalue weighted by Crippen LogP contribution is 2.10. The maximum absolute atomic E-state index is 7.38. The van der Waals surface area contributed by atoms with Gasteiger partial charge in [0.15, 0.2) is 0 Å². The third-order valence-electron chi connectivity index (χ3n) is 1.36. The fourth-order valence-electron chi connectivity index (χ4n) is 0.729. The summed E-state index contributed by atoms with van der Waals surface area (Å²) < 4.78 is 0. The van der Waals surface area contributed by atoms with E-state index >= 15 is 0 Å². The summed E-state index contributed by atoms with van der Waals surface area (Å²) in [7, 11) is 0. The van der Waals surface area contributed by atoms with Crippen molar-refractivity contribution in [1.29, 1.82) is 5.41 Å². The molecule has 0 aromatic carbocycles. The second kappa shape index (κ2) is 2.02. The summed E-state index contributed by atoms with van der Waals surface area (Å²) in [5, 5.41) is 7.38. The minimum Gasteiger partial charge on any atom is -0.300 e. The predicted molar refractivity (Wildman–Crippen MR) is 39.8 cm³/mol. The van der Waals surface area contributed by atoms with Gasteiger partial charge in [-0.05, 0) is 18.1 Å². The van der Waals surface area contributed by atoms with Crippen molar-refractivity contribution < 1.29 is 0 Å². The SMILES string of the molecule is C=C1C=CC=C(C)C1=N. The van der Waals surface area contributed by atoms with Gasteiger partial charge in [0.25, 0.3) is 0 Å². The molecule has 0 spiro atoms. The van der Waals surface area contributed by atoms with E-state index in [2.05, 4.69) is 6.58 Å². The van der Waals surface area contributed by atoms with E-state index in [1.807, 2.05) is 25.2 Å². The number of hydrogen-bond acceptors (Lipinski definition) is 1. The van der Waals surface area contributed by atoms with Gasteiger partial charge in [0, 0.05) is 0 Å². The summed E-state index contributed by atoms with van der Waals surface area (Å²) in [6, 6.07) is 0. The molecule has 0 saturated carbocycles. The summed E-state index contributed by atoms with van der Waals surface area (Å²) in [5.74, 6) is 0. The second-order valence-corrected chi connectivity index (χ2v) is 2.11. The highest BCUT2D eigenvalue weighted by Gasteiger charge is 2.03. The zero-order chi connectivity index (χ0) is 6.85. The third-order valence-corrected chi connectivity index (χ3v) is 1.36. The number of nitrogens with one attached hydrogen (secondary N) is 1. The average molecular weight is 119 g/mol. The van der Waals surface area contributed by atoms with Crippen molar-refractivity contribution in [2.45, 2.75) is 6.92 Å². The zero-order valence-corrected chi connectivity index (χ0v) is 5.44. The lowest BCUT2D eigenvalue weighted by Gasteiger charge is -2.06. The molecule has 0 atom stereocenters. The van der Waals surface area contributed by atoms with Crippen molar-refractivity contribution in [1.82, 2.24) is 0 Å². The molecule has 1 N–H and O–H groups in total. The molecule has 0 unspecified atom stereocenters. The monoisotopic (exact) mass is 119 g/mol. The summed E-state index contributed by atoms with van der Waals surface area (Å²) >= 11 is 0. The van der Waals surface area contributed by atoms with Crippen molar-refractivity contribution >= 4 is 5.71 Å². The predicted octanol–water partition coefficient (Wildman–Crippen LogP) is 2.08. The molecule has 1 rings (SSSR count). The molecular formula is C8H9N. The van der Waals surface area contributed by atoms with Gasteiger partial charge in [-0.1, -0.05) is 24.8 Å². The second-order valence-electron chi connectivity index (χ2n) is 2.11. The van der Waals surface area contributed by atoms with Crippen molar-refractivity contribution in [3.05, 3.63) is 36.0 Å². The lowest BCUT2D eigenvalue weighted by molar-refractivity contribution is 1.42. The van der Waals surface area contributed by atoms with Crippen LogP contribution in [0.4, 0.5) is 0 Å². The van der Waals surface area contributed by atoms with Gasteiger partial charge in [-0.15, -0.1) is 0 Å². The lowest BCUT2D eigenvalue weighted by Crippen LogP contribution is -2.01. The Morgan fingerprint density at radius 2 is 2.22 bits per heavy atom. The Hall–Kier alpha value is -1.11. The molecule has 1 aliphatic carbocycles. The maximum Gasteiger partial charge on any atom is 0.0635 e. The Morgan fingerprint density at radius 1 is 1.56 bits per heavy atom. The highest BCUT2D eigenvalue weighted by atomic mass is 14.4. The summed E-state index contributed by atoms with van der Waals surface area (Å²) in [6.07, 6.45) is 5.67. The van der Waals surface area contributed by atoms with Crippen LogP contribution in [0.15, 0.2) is 36.0 Å². The molecule has 0 aromatic rings. The first-order valence-corrected chi connectivity index (χ1v) is 2.85. The molecule has 0 bridgehead atoms. The van der Waals surface area contributed by atoms with Crippen LogP contribution in [0.5, 0.6) is 0 Å². The van der Waals surface area contributed by atoms with E-state index in [9.17, 15) is 0 Å². The molecular weight excluding hydrogens is 110 g/mol. The van der Waals surface area contributed by atoms with Crippen molar-refractivity contribution in [2.24, 2.45) is 0 Å². The molecule has 0 aliphatic heterocycles. The molecule has 1 aliphatic rings. The average Bonchev–Trinajstić information content (AvgIpc) is 1.83. The normalized spacial score (nSPS) is 18.1. The van der Waals surface area contributed by atoms with Crippen LogP contribution in [0.25, 0.3) is 0 Å². The van der Waals surface area contributed by atoms with Crippen LogP contribution in [0, 0.1) is 5.41 Å². The molecule has 0 saturated heterocycles. The third kappa shape index (κ3) is 0.992. The van der Waals surface area contributed by atoms with Gasteiger partial charge in [-0.25, -0.2) is 0 Å². The van der Waals surface area contributed by atoms with E-state index in [1.165, 1.54) is 0 Å². The Labute approximate surface area is 54.9 Å². The van der Waals surface area contributed by atoms with Crippen molar-refractivity contribution in [3.8, 4) is 0 Å². The Balaban J connectivity index is 3.00. The van der Waals surface area contributed by atoms with E-state index in [4.69, 9.17) is 5.41 Å². The Kier molecular flexibility index (Phi) is 1.35. The van der Waals surface area contributed by atoms with Gasteiger partial charge in [-0.2, -0.15) is 0 Å². The van der Waals surface area contributed by atoms with E-state index in [0.29, 0.717) is 5.71 Å². The minimum atomic E-state index is 0.553. The molecule has 9 heavy (non-hydrogen) atoms. The van der Waals surface area contributed by atoms with Crippen LogP contribution in [0.2, 0.25) is 0 Å². The smallest absolute Gasteiger partial charge is 0.0635 e. The van der Waals surface area contributed by atoms with Crippen LogP contribution >= 0.6 is 0 Å². The first-order chi connectivity index (χ1) is 4.22. The van der Waals surface area contributed by atoms with Gasteiger partial charge in [-0.3, -0.25) is 0 Å². The van der Waals surface area contributed by atoms with E-state index < -0.39 is 0 Å². The van der Waals surface area contributed by atoms with Gasteiger partial charge in [0.2, 0.25) is 0 Å². The van der Waals surface area contributed by atoms with Gasteiger partial charge in [0.1, 0.15) is 0 Å². The minimum absolute atomic E-state index is 0.553. The first kappa shape index (κ1) is 6.02. The molecule has 1 nitrogen and oxygen atoms in total. The van der Waals surface area contributed by atoms with Crippen molar-refractivity contribution in [3.63, 3.8) is 0 Å². The maximum atomic E-state index is 7.38. The standard InChI is InChI=1S/C8H9N/c1-6-4-3-5-7(2)8(6)9/h3-5,9H,1H2,2H3. The van der Waals surface area contributed by atoms with E-state index in [1.54, 1.807) is 0 Å². The van der Waals surface area contributed by atoms with Crippen LogP contribution in [-0.4, -0.2) is 5.71 Å². The first-order valence-electron chi connectivity index (χ1n) is 2.85. The number of rotatable bonds is 0. The fraction of sp³-hybridized carbons (Fsp3) is 0.125. The zero-order valence-electron chi connectivity index (χ0n) is 5.44. The molecule has 0 radical (unpaired) electrons. The summed E-state index contributed by atoms with van der Waals surface area (Å²) in [5.41, 5.74) is 2.34. The Morgan fingerprint density at radius 3 is 2.67 bits per heavy atom. The quantitative estimate of drug-likeness (QED) is 0.504. The number of hydrogen-bond donors (Lipinski definition) is 1. The molecule has 0 heterocycles. The van der Waals surface area contributed by atoms with Crippen LogP contribution in [0.3, 0.4) is 0 Å². The van der Waals surface area contributed by atoms with Gasteiger partial charge in [0.05, 0.1) is 5.71 Å². The van der Waals surface area contributed by atoms with Crippen LogP contribution in [0.1, 0.15) is 6.92 Å².